The number of hydrogen-bond acceptors (Lipinski definition) is 2. The summed E-state index contributed by atoms with van der Waals surface area (Å²) in [7, 11) is 0. The van der Waals surface area contributed by atoms with Crippen molar-refractivity contribution in [1.82, 2.24) is 0 Å². The Kier molecular flexibility index (Phi) is 3.93. The van der Waals surface area contributed by atoms with Crippen molar-refractivity contribution >= 4 is 6.29 Å². The van der Waals surface area contributed by atoms with Crippen molar-refractivity contribution in [1.29, 1.82) is 0 Å². The number of halogens is 3. The molecule has 0 radical (unpaired) electrons. The minimum Gasteiger partial charge on any atom is -0.493 e. The normalized spacial score (nSPS) is 11.2. The van der Waals surface area contributed by atoms with Crippen LogP contribution in [0.3, 0.4) is 0 Å². The van der Waals surface area contributed by atoms with Gasteiger partial charge in [-0.2, -0.15) is 13.2 Å². The van der Waals surface area contributed by atoms with Gasteiger partial charge >= 0.3 is 6.18 Å². The SMILES string of the molecule is Cc1cc(C=O)ccc1OCCC(F)(F)F. The third kappa shape index (κ3) is 3.92. The fourth-order valence-electron chi connectivity index (χ4n) is 1.18. The van der Waals surface area contributed by atoms with E-state index >= 15 is 0 Å². The standard InChI is InChI=1S/C11H11F3O2/c1-8-6-9(7-15)2-3-10(8)16-5-4-11(12,13)14/h2-3,6-7H,4-5H2,1H3. The highest BCUT2D eigenvalue weighted by atomic mass is 19.4. The molecule has 0 saturated heterocycles. The van der Waals surface area contributed by atoms with E-state index in [1.165, 1.54) is 12.1 Å². The van der Waals surface area contributed by atoms with Crippen LogP contribution in [0.2, 0.25) is 0 Å². The molecule has 0 aromatic heterocycles. The van der Waals surface area contributed by atoms with Crippen LogP contribution in [0.15, 0.2) is 18.2 Å². The van der Waals surface area contributed by atoms with Crippen LogP contribution in [-0.4, -0.2) is 19.1 Å². The third-order valence-corrected chi connectivity index (χ3v) is 1.98. The van der Waals surface area contributed by atoms with Crippen LogP contribution in [0.5, 0.6) is 5.75 Å². The number of rotatable bonds is 4. The monoisotopic (exact) mass is 232 g/mol. The number of benzene rings is 1. The van der Waals surface area contributed by atoms with Crippen molar-refractivity contribution in [2.75, 3.05) is 6.61 Å². The Balaban J connectivity index is 2.58. The van der Waals surface area contributed by atoms with Gasteiger partial charge in [0.2, 0.25) is 0 Å². The maximum atomic E-state index is 11.9. The first-order valence-corrected chi connectivity index (χ1v) is 4.68. The predicted molar refractivity (Wildman–Crippen MR) is 52.7 cm³/mol. The maximum Gasteiger partial charge on any atom is 0.392 e. The second-order valence-corrected chi connectivity index (χ2v) is 3.36. The number of carbonyl (C=O) groups is 1. The van der Waals surface area contributed by atoms with Gasteiger partial charge in [-0.05, 0) is 30.7 Å². The maximum absolute atomic E-state index is 11.9. The number of aryl methyl sites for hydroxylation is 1. The summed E-state index contributed by atoms with van der Waals surface area (Å²) in [5.41, 5.74) is 1.12. The van der Waals surface area contributed by atoms with Crippen molar-refractivity contribution in [3.63, 3.8) is 0 Å². The van der Waals surface area contributed by atoms with Crippen LogP contribution < -0.4 is 4.74 Å². The molecule has 0 aliphatic rings. The first kappa shape index (κ1) is 12.5. The number of ether oxygens (including phenoxy) is 1. The number of hydrogen-bond donors (Lipinski definition) is 0. The molecule has 0 aliphatic heterocycles. The second-order valence-electron chi connectivity index (χ2n) is 3.36. The minimum atomic E-state index is -4.21. The highest BCUT2D eigenvalue weighted by Gasteiger charge is 2.26. The topological polar surface area (TPSA) is 26.3 Å². The second kappa shape index (κ2) is 5.01. The molecule has 0 bridgehead atoms. The van der Waals surface area contributed by atoms with Crippen LogP contribution in [-0.2, 0) is 0 Å². The molecule has 16 heavy (non-hydrogen) atoms. The van der Waals surface area contributed by atoms with Gasteiger partial charge in [0.15, 0.2) is 0 Å². The lowest BCUT2D eigenvalue weighted by molar-refractivity contribution is -0.139. The van der Waals surface area contributed by atoms with E-state index < -0.39 is 19.2 Å². The molecule has 0 amide bonds. The highest BCUT2D eigenvalue weighted by Crippen LogP contribution is 2.22. The highest BCUT2D eigenvalue weighted by molar-refractivity contribution is 5.75. The lowest BCUT2D eigenvalue weighted by atomic mass is 10.1. The summed E-state index contributed by atoms with van der Waals surface area (Å²) < 4.78 is 40.5. The zero-order valence-corrected chi connectivity index (χ0v) is 8.67. The van der Waals surface area contributed by atoms with E-state index in [0.717, 1.165) is 0 Å². The van der Waals surface area contributed by atoms with Gasteiger partial charge in [-0.25, -0.2) is 0 Å². The predicted octanol–water partition coefficient (Wildman–Crippen LogP) is 3.14. The number of aldehydes is 1. The van der Waals surface area contributed by atoms with Crippen molar-refractivity contribution in [2.45, 2.75) is 19.5 Å². The van der Waals surface area contributed by atoms with Crippen molar-refractivity contribution in [3.8, 4) is 5.75 Å². The molecule has 1 rings (SSSR count). The molecule has 0 saturated carbocycles. The summed E-state index contributed by atoms with van der Waals surface area (Å²) in [6.07, 6.45) is -4.52. The lowest BCUT2D eigenvalue weighted by Crippen LogP contribution is -2.13. The van der Waals surface area contributed by atoms with Crippen LogP contribution in [0.4, 0.5) is 13.2 Å². The van der Waals surface area contributed by atoms with E-state index in [0.29, 0.717) is 23.2 Å². The van der Waals surface area contributed by atoms with E-state index in [1.807, 2.05) is 0 Å². The largest absolute Gasteiger partial charge is 0.493 e. The van der Waals surface area contributed by atoms with Gasteiger partial charge in [-0.1, -0.05) is 0 Å². The summed E-state index contributed by atoms with van der Waals surface area (Å²) in [6.45, 7) is 1.26. The molecule has 0 atom stereocenters. The smallest absolute Gasteiger partial charge is 0.392 e. The lowest BCUT2D eigenvalue weighted by Gasteiger charge is -2.10. The van der Waals surface area contributed by atoms with Gasteiger partial charge in [0.1, 0.15) is 12.0 Å². The first-order valence-electron chi connectivity index (χ1n) is 4.68. The molecule has 0 fully saturated rings. The summed E-state index contributed by atoms with van der Waals surface area (Å²) in [5.74, 6) is 0.370. The van der Waals surface area contributed by atoms with E-state index in [-0.39, 0.29) is 0 Å². The summed E-state index contributed by atoms with van der Waals surface area (Å²) in [5, 5.41) is 0. The molecule has 5 heteroatoms. The zero-order chi connectivity index (χ0) is 12.2. The van der Waals surface area contributed by atoms with E-state index in [1.54, 1.807) is 13.0 Å². The third-order valence-electron chi connectivity index (χ3n) is 1.98. The van der Waals surface area contributed by atoms with Gasteiger partial charge < -0.3 is 4.74 Å². The molecular weight excluding hydrogens is 221 g/mol. The van der Waals surface area contributed by atoms with Crippen LogP contribution in [0.25, 0.3) is 0 Å². The molecule has 2 nitrogen and oxygen atoms in total. The van der Waals surface area contributed by atoms with Gasteiger partial charge in [0.25, 0.3) is 0 Å². The van der Waals surface area contributed by atoms with E-state index in [4.69, 9.17) is 4.74 Å². The Morgan fingerprint density at radius 1 is 1.38 bits per heavy atom. The van der Waals surface area contributed by atoms with Gasteiger partial charge in [0.05, 0.1) is 13.0 Å². The Bertz CT molecular complexity index is 372. The van der Waals surface area contributed by atoms with Gasteiger partial charge in [-0.15, -0.1) is 0 Å². The first-order chi connectivity index (χ1) is 7.42. The minimum absolute atomic E-state index is 0.370. The van der Waals surface area contributed by atoms with Crippen LogP contribution in [0, 0.1) is 6.92 Å². The molecule has 88 valence electrons. The van der Waals surface area contributed by atoms with E-state index in [9.17, 15) is 18.0 Å². The Labute approximate surface area is 91.0 Å². The fraction of sp³-hybridized carbons (Fsp3) is 0.364. The molecule has 0 spiro atoms. The quantitative estimate of drug-likeness (QED) is 0.745. The Hall–Kier alpha value is -1.52. The van der Waals surface area contributed by atoms with Crippen molar-refractivity contribution in [3.05, 3.63) is 29.3 Å². The average molecular weight is 232 g/mol. The van der Waals surface area contributed by atoms with Gasteiger partial charge in [-0.3, -0.25) is 4.79 Å². The Morgan fingerprint density at radius 3 is 2.56 bits per heavy atom. The van der Waals surface area contributed by atoms with Crippen LogP contribution >= 0.6 is 0 Å². The molecule has 0 unspecified atom stereocenters. The van der Waals surface area contributed by atoms with Gasteiger partial charge in [0, 0.05) is 5.56 Å². The van der Waals surface area contributed by atoms with Crippen molar-refractivity contribution < 1.29 is 22.7 Å². The molecule has 0 N–H and O–H groups in total. The Morgan fingerprint density at radius 2 is 2.06 bits per heavy atom. The molecule has 1 aromatic rings. The van der Waals surface area contributed by atoms with Crippen molar-refractivity contribution in [2.24, 2.45) is 0 Å². The summed E-state index contributed by atoms with van der Waals surface area (Å²) in [4.78, 5) is 10.4. The zero-order valence-electron chi connectivity index (χ0n) is 8.67. The van der Waals surface area contributed by atoms with Crippen LogP contribution in [0.1, 0.15) is 22.3 Å². The summed E-state index contributed by atoms with van der Waals surface area (Å²) >= 11 is 0. The number of carbonyl (C=O) groups excluding carboxylic acids is 1. The van der Waals surface area contributed by atoms with E-state index in [2.05, 4.69) is 0 Å². The average Bonchev–Trinajstić information content (AvgIpc) is 2.18. The molecule has 0 aliphatic carbocycles. The summed E-state index contributed by atoms with van der Waals surface area (Å²) in [6, 6.07) is 4.56. The number of alkyl halides is 3. The fourth-order valence-corrected chi connectivity index (χ4v) is 1.18. The molecule has 1 aromatic carbocycles. The molecular formula is C11H11F3O2. The molecule has 0 heterocycles.